The highest BCUT2D eigenvalue weighted by Crippen LogP contribution is 2.63. The van der Waals surface area contributed by atoms with Crippen LogP contribution in [0, 0.1) is 0 Å². The van der Waals surface area contributed by atoms with Crippen LogP contribution in [0.1, 0.15) is 200 Å². The average Bonchev–Trinajstić information content (AvgIpc) is 1.09. The Bertz CT molecular complexity index is 4310. The van der Waals surface area contributed by atoms with Crippen molar-refractivity contribution in [3.05, 3.63) is 232 Å². The maximum Gasteiger partial charge on any atom is 0.252 e. The molecule has 3 aliphatic heterocycles. The lowest BCUT2D eigenvalue weighted by atomic mass is 9.33. The molecule has 3 heterocycles. The van der Waals surface area contributed by atoms with E-state index in [9.17, 15) is 0 Å². The second-order valence-corrected chi connectivity index (χ2v) is 32.6. The zero-order valence-corrected chi connectivity index (χ0v) is 56.1. The second kappa shape index (κ2) is 19.5. The minimum absolute atomic E-state index is 0.00652. The first-order valence-electron chi connectivity index (χ1n) is 33.0. The van der Waals surface area contributed by atoms with Gasteiger partial charge in [0.1, 0.15) is 0 Å². The van der Waals surface area contributed by atoms with Gasteiger partial charge in [0.25, 0.3) is 6.71 Å². The van der Waals surface area contributed by atoms with Gasteiger partial charge in [-0.2, -0.15) is 0 Å². The Morgan fingerprint density at radius 3 is 1.25 bits per heavy atom. The lowest BCUT2D eigenvalue weighted by molar-refractivity contribution is 0.195. The highest BCUT2D eigenvalue weighted by atomic mass is 15.3. The van der Waals surface area contributed by atoms with Crippen molar-refractivity contribution in [1.29, 1.82) is 0 Å². The minimum Gasteiger partial charge on any atom is -0.334 e. The molecule has 2 atom stereocenters. The average molecular weight is 1150 g/mol. The molecule has 0 amide bonds. The van der Waals surface area contributed by atoms with E-state index in [2.05, 4.69) is 321 Å². The first-order valence-corrected chi connectivity index (χ1v) is 33.0. The van der Waals surface area contributed by atoms with Crippen LogP contribution in [0.3, 0.4) is 0 Å². The molecule has 9 aromatic rings. The van der Waals surface area contributed by atoms with Crippen molar-refractivity contribution in [2.75, 3.05) is 14.7 Å². The van der Waals surface area contributed by atoms with Crippen molar-refractivity contribution in [2.45, 2.75) is 194 Å². The number of benzene rings is 9. The molecule has 0 saturated heterocycles. The first kappa shape index (κ1) is 58.1. The summed E-state index contributed by atoms with van der Waals surface area (Å²) in [7, 11) is 0. The van der Waals surface area contributed by atoms with Crippen LogP contribution in [-0.4, -0.2) is 12.3 Å². The Labute approximate surface area is 528 Å². The molecule has 14 rings (SSSR count). The topological polar surface area (TPSA) is 9.72 Å². The molecule has 3 nitrogen and oxygen atoms in total. The summed E-state index contributed by atoms with van der Waals surface area (Å²) in [6.45, 7) is 43.5. The van der Waals surface area contributed by atoms with E-state index < -0.39 is 0 Å². The summed E-state index contributed by atoms with van der Waals surface area (Å²) in [4.78, 5) is 8.36. The quantitative estimate of drug-likeness (QED) is 0.159. The zero-order valence-electron chi connectivity index (χ0n) is 56.1. The Kier molecular flexibility index (Phi) is 12.9. The summed E-state index contributed by atoms with van der Waals surface area (Å²) >= 11 is 0. The van der Waals surface area contributed by atoms with Gasteiger partial charge < -0.3 is 14.7 Å². The van der Waals surface area contributed by atoms with Gasteiger partial charge in [0.2, 0.25) is 0 Å². The van der Waals surface area contributed by atoms with Crippen LogP contribution >= 0.6 is 0 Å². The van der Waals surface area contributed by atoms with Crippen molar-refractivity contribution < 1.29 is 0 Å². The second-order valence-electron chi connectivity index (χ2n) is 32.6. The lowest BCUT2D eigenvalue weighted by Gasteiger charge is -2.51. The summed E-state index contributed by atoms with van der Waals surface area (Å²) in [6, 6.07) is 72.5. The van der Waals surface area contributed by atoms with Gasteiger partial charge in [0.05, 0.1) is 16.9 Å². The van der Waals surface area contributed by atoms with Gasteiger partial charge in [-0.1, -0.05) is 258 Å². The van der Waals surface area contributed by atoms with Crippen LogP contribution in [0.4, 0.5) is 45.5 Å². The highest BCUT2D eigenvalue weighted by Gasteiger charge is 2.59. The Hall–Kier alpha value is -7.56. The number of rotatable bonds is 5. The molecule has 0 spiro atoms. The van der Waals surface area contributed by atoms with Crippen LogP contribution in [-0.2, 0) is 37.9 Å². The molecule has 0 N–H and O–H groups in total. The van der Waals surface area contributed by atoms with E-state index in [1.54, 1.807) is 0 Å². The number of nitrogens with zero attached hydrogens (tertiary/aromatic N) is 3. The summed E-state index contributed by atoms with van der Waals surface area (Å²) < 4.78 is 0. The number of hydrogen-bond donors (Lipinski definition) is 0. The van der Waals surface area contributed by atoms with E-state index in [0.29, 0.717) is 0 Å². The van der Waals surface area contributed by atoms with Crippen LogP contribution < -0.4 is 31.1 Å². The summed E-state index contributed by atoms with van der Waals surface area (Å²) in [6.07, 6.45) is 4.67. The van der Waals surface area contributed by atoms with Crippen molar-refractivity contribution in [3.8, 4) is 22.3 Å². The highest BCUT2D eigenvalue weighted by molar-refractivity contribution is 7.00. The van der Waals surface area contributed by atoms with Crippen LogP contribution in [0.2, 0.25) is 0 Å². The molecule has 9 aromatic carbocycles. The molecular formula is C84H92BN3. The molecule has 0 bridgehead atoms. The van der Waals surface area contributed by atoms with Crippen molar-refractivity contribution >= 4 is 68.6 Å². The van der Waals surface area contributed by atoms with Gasteiger partial charge in [0, 0.05) is 61.5 Å². The third kappa shape index (κ3) is 8.63. The molecule has 88 heavy (non-hydrogen) atoms. The Morgan fingerprint density at radius 1 is 0.341 bits per heavy atom. The third-order valence-electron chi connectivity index (χ3n) is 22.3. The van der Waals surface area contributed by atoms with Crippen LogP contribution in [0.5, 0.6) is 0 Å². The lowest BCUT2D eigenvalue weighted by Crippen LogP contribution is -2.62. The first-order chi connectivity index (χ1) is 41.4. The number of anilines is 8. The molecule has 0 radical (unpaired) electrons. The van der Waals surface area contributed by atoms with E-state index in [0.717, 1.165) is 12.8 Å². The maximum absolute atomic E-state index is 2.86. The van der Waals surface area contributed by atoms with Gasteiger partial charge in [-0.15, -0.1) is 0 Å². The predicted octanol–water partition coefficient (Wildman–Crippen LogP) is 21.0. The molecule has 1 fully saturated rings. The molecule has 0 aromatic heterocycles. The normalized spacial score (nSPS) is 19.7. The summed E-state index contributed by atoms with van der Waals surface area (Å²) in [5.74, 6) is 0. The van der Waals surface area contributed by atoms with Crippen molar-refractivity contribution in [1.82, 2.24) is 0 Å². The van der Waals surface area contributed by atoms with Crippen LogP contribution in [0.15, 0.2) is 182 Å². The molecule has 2 unspecified atom stereocenters. The van der Waals surface area contributed by atoms with E-state index >= 15 is 0 Å². The van der Waals surface area contributed by atoms with Crippen molar-refractivity contribution in [3.63, 3.8) is 0 Å². The summed E-state index contributed by atoms with van der Waals surface area (Å²) in [5, 5.41) is 0. The number of hydrogen-bond acceptors (Lipinski definition) is 3. The van der Waals surface area contributed by atoms with Gasteiger partial charge in [-0.05, 0) is 174 Å². The number of fused-ring (bicyclic) bond motifs is 9. The Balaban J connectivity index is 1.18. The van der Waals surface area contributed by atoms with Crippen LogP contribution in [0.25, 0.3) is 22.3 Å². The molecule has 1 saturated carbocycles. The van der Waals surface area contributed by atoms with Gasteiger partial charge in [-0.3, -0.25) is 0 Å². The van der Waals surface area contributed by atoms with Gasteiger partial charge in [-0.25, -0.2) is 0 Å². The maximum atomic E-state index is 2.86. The third-order valence-corrected chi connectivity index (χ3v) is 22.3. The standard InChI is InChI=1S/C84H92BN3/c1-77(2,3)55-35-39-69(60(45-55)53-29-21-19-22-30-53)86-72-42-38-58(80(10,11)12)48-67(72)85-68-51-64-65(82(15,16)63-34-26-25-33-62(63)81(64,13)14)52-73(68)87(70-40-36-56(78(4,5)6)46-61(70)54-31-23-20-24-32-54)75-50-59(49-74(86)76(75)85)88-71-41-37-57(79(7,8)9)47-66(71)83(17)43-27-28-44-84(83,88)18/h19-26,29-42,45-52H,27-28,43-44H2,1-18H3. The van der Waals surface area contributed by atoms with E-state index in [-0.39, 0.29) is 50.2 Å². The monoisotopic (exact) mass is 1150 g/mol. The smallest absolute Gasteiger partial charge is 0.252 e. The molecular weight excluding hydrogens is 1060 g/mol. The molecule has 2 aliphatic carbocycles. The SMILES string of the molecule is CC(C)(C)c1ccc2c(c1)B1c3cc4c(cc3N(c3ccc(C(C)(C)C)cc3-c3ccccc3)c3cc(N5c6ccc(C(C)(C)C)cc6C6(C)CCCCC56C)cc(c31)N2c1ccc(C(C)(C)C)cc1-c1ccccc1)C(C)(C)c1ccccc1C4(C)C. The fourth-order valence-corrected chi connectivity index (χ4v) is 16.7. The molecule has 446 valence electrons. The molecule has 4 heteroatoms. The summed E-state index contributed by atoms with van der Waals surface area (Å²) in [5.41, 5.74) is 30.3. The van der Waals surface area contributed by atoms with E-state index in [4.69, 9.17) is 0 Å². The molecule has 5 aliphatic rings. The minimum atomic E-state index is -0.285. The zero-order chi connectivity index (χ0) is 62.2. The largest absolute Gasteiger partial charge is 0.334 e. The van der Waals surface area contributed by atoms with Gasteiger partial charge >= 0.3 is 0 Å². The Morgan fingerprint density at radius 2 is 0.750 bits per heavy atom. The fraction of sp³-hybridized carbons (Fsp3) is 0.357. The predicted molar refractivity (Wildman–Crippen MR) is 380 cm³/mol. The van der Waals surface area contributed by atoms with Crippen molar-refractivity contribution in [2.24, 2.45) is 0 Å². The van der Waals surface area contributed by atoms with Gasteiger partial charge in [0.15, 0.2) is 0 Å². The van der Waals surface area contributed by atoms with E-state index in [1.165, 1.54) is 147 Å². The fourth-order valence-electron chi connectivity index (χ4n) is 16.7. The van der Waals surface area contributed by atoms with E-state index in [1.807, 2.05) is 0 Å².